The number of ether oxygens (including phenoxy) is 2. The van der Waals surface area contributed by atoms with Crippen molar-refractivity contribution in [1.29, 1.82) is 0 Å². The summed E-state index contributed by atoms with van der Waals surface area (Å²) in [5.41, 5.74) is 0.262. The van der Waals surface area contributed by atoms with E-state index in [0.29, 0.717) is 21.7 Å². The Kier molecular flexibility index (Phi) is 5.00. The van der Waals surface area contributed by atoms with E-state index >= 15 is 0 Å². The molecule has 0 saturated carbocycles. The molecule has 0 saturated heterocycles. The van der Waals surface area contributed by atoms with Crippen molar-refractivity contribution in [3.63, 3.8) is 0 Å². The minimum Gasteiger partial charge on any atom is -0.482 e. The van der Waals surface area contributed by atoms with Crippen molar-refractivity contribution in [3.05, 3.63) is 69.7 Å². The molecule has 7 heteroatoms. The summed E-state index contributed by atoms with van der Waals surface area (Å²) >= 11 is 5.85. The van der Waals surface area contributed by atoms with Gasteiger partial charge in [0.25, 0.3) is 5.56 Å². The average Bonchev–Trinajstić information content (AvgIpc) is 2.60. The predicted octanol–water partition coefficient (Wildman–Crippen LogP) is 3.26. The molecular formula is C18H15ClN2O4. The topological polar surface area (TPSA) is 81.3 Å². The number of carbonyl (C=O) groups excluding carboxylic acids is 1. The van der Waals surface area contributed by atoms with Gasteiger partial charge in [0.2, 0.25) is 0 Å². The van der Waals surface area contributed by atoms with Crippen molar-refractivity contribution in [2.75, 3.05) is 6.61 Å². The molecule has 1 aromatic heterocycles. The number of aromatic nitrogens is 2. The Labute approximate surface area is 148 Å². The molecule has 0 bridgehead atoms. The number of esters is 1. The van der Waals surface area contributed by atoms with E-state index < -0.39 is 12.1 Å². The average molecular weight is 359 g/mol. The number of halogens is 1. The third-order valence-corrected chi connectivity index (χ3v) is 3.71. The van der Waals surface area contributed by atoms with Crippen molar-refractivity contribution in [2.45, 2.75) is 13.0 Å². The highest BCUT2D eigenvalue weighted by Gasteiger charge is 2.16. The Morgan fingerprint density at radius 2 is 2.04 bits per heavy atom. The van der Waals surface area contributed by atoms with E-state index in [1.54, 1.807) is 55.5 Å². The van der Waals surface area contributed by atoms with Crippen LogP contribution in [0.3, 0.4) is 0 Å². The van der Waals surface area contributed by atoms with Crippen LogP contribution in [-0.2, 0) is 9.53 Å². The van der Waals surface area contributed by atoms with Crippen LogP contribution in [-0.4, -0.2) is 22.5 Å². The van der Waals surface area contributed by atoms with Crippen LogP contribution in [0, 0.1) is 0 Å². The fourth-order valence-electron chi connectivity index (χ4n) is 2.28. The van der Waals surface area contributed by atoms with Gasteiger partial charge in [-0.2, -0.15) is 0 Å². The van der Waals surface area contributed by atoms with Crippen molar-refractivity contribution < 1.29 is 14.3 Å². The second kappa shape index (κ2) is 7.36. The van der Waals surface area contributed by atoms with E-state index in [9.17, 15) is 9.59 Å². The second-order valence-electron chi connectivity index (χ2n) is 5.35. The summed E-state index contributed by atoms with van der Waals surface area (Å²) in [6.45, 7) is 1.35. The Morgan fingerprint density at radius 3 is 2.84 bits per heavy atom. The SMILES string of the molecule is C[C@H](OC(=O)COc1cccc(Cl)c1)c1nc2ccccc2c(=O)[nH]1. The smallest absolute Gasteiger partial charge is 0.344 e. The van der Waals surface area contributed by atoms with Crippen LogP contribution in [0.2, 0.25) is 5.02 Å². The van der Waals surface area contributed by atoms with Gasteiger partial charge in [0.05, 0.1) is 10.9 Å². The summed E-state index contributed by atoms with van der Waals surface area (Å²) in [4.78, 5) is 31.0. The minimum atomic E-state index is -0.715. The summed E-state index contributed by atoms with van der Waals surface area (Å²) in [5.74, 6) is 0.164. The molecule has 0 spiro atoms. The molecule has 1 N–H and O–H groups in total. The first kappa shape index (κ1) is 17.0. The Morgan fingerprint density at radius 1 is 1.24 bits per heavy atom. The number of hydrogen-bond donors (Lipinski definition) is 1. The third kappa shape index (κ3) is 4.16. The van der Waals surface area contributed by atoms with Gasteiger partial charge < -0.3 is 14.5 Å². The number of nitrogens with one attached hydrogen (secondary N) is 1. The first-order chi connectivity index (χ1) is 12.0. The quantitative estimate of drug-likeness (QED) is 0.708. The molecule has 0 fully saturated rings. The molecule has 0 radical (unpaired) electrons. The largest absolute Gasteiger partial charge is 0.482 e. The molecule has 1 heterocycles. The first-order valence-electron chi connectivity index (χ1n) is 7.60. The normalized spacial score (nSPS) is 11.9. The van der Waals surface area contributed by atoms with Gasteiger partial charge in [-0.1, -0.05) is 29.8 Å². The maximum atomic E-state index is 12.1. The number of rotatable bonds is 5. The van der Waals surface area contributed by atoms with Crippen molar-refractivity contribution in [2.24, 2.45) is 0 Å². The molecule has 3 aromatic rings. The lowest BCUT2D eigenvalue weighted by molar-refractivity contribution is -0.151. The van der Waals surface area contributed by atoms with Crippen LogP contribution in [0.4, 0.5) is 0 Å². The van der Waals surface area contributed by atoms with Gasteiger partial charge in [0.15, 0.2) is 18.5 Å². The van der Waals surface area contributed by atoms with Gasteiger partial charge in [-0.25, -0.2) is 9.78 Å². The molecule has 1 atom stereocenters. The number of fused-ring (bicyclic) bond motifs is 1. The summed E-state index contributed by atoms with van der Waals surface area (Å²) in [7, 11) is 0. The van der Waals surface area contributed by atoms with E-state index in [-0.39, 0.29) is 18.0 Å². The monoisotopic (exact) mass is 358 g/mol. The van der Waals surface area contributed by atoms with E-state index in [4.69, 9.17) is 21.1 Å². The van der Waals surface area contributed by atoms with E-state index in [2.05, 4.69) is 9.97 Å². The lowest BCUT2D eigenvalue weighted by Crippen LogP contribution is -2.20. The molecule has 0 aliphatic heterocycles. The summed E-state index contributed by atoms with van der Waals surface area (Å²) in [5, 5.41) is 0.992. The molecule has 0 unspecified atom stereocenters. The summed E-state index contributed by atoms with van der Waals surface area (Å²) < 4.78 is 10.6. The Hall–Kier alpha value is -2.86. The van der Waals surface area contributed by atoms with Crippen molar-refractivity contribution >= 4 is 28.5 Å². The fourth-order valence-corrected chi connectivity index (χ4v) is 2.46. The van der Waals surface area contributed by atoms with Gasteiger partial charge >= 0.3 is 5.97 Å². The maximum absolute atomic E-state index is 12.1. The van der Waals surface area contributed by atoms with Gasteiger partial charge in [0, 0.05) is 5.02 Å². The van der Waals surface area contributed by atoms with Gasteiger partial charge in [-0.05, 0) is 37.3 Å². The standard InChI is InChI=1S/C18H15ClN2O4/c1-11(17-20-15-8-3-2-7-14(15)18(23)21-17)25-16(22)10-24-13-6-4-5-12(19)9-13/h2-9,11H,10H2,1H3,(H,20,21,23)/t11-/m0/s1. The second-order valence-corrected chi connectivity index (χ2v) is 5.78. The highest BCUT2D eigenvalue weighted by Crippen LogP contribution is 2.18. The van der Waals surface area contributed by atoms with Crippen LogP contribution in [0.15, 0.2) is 53.3 Å². The van der Waals surface area contributed by atoms with Crippen molar-refractivity contribution in [3.8, 4) is 5.75 Å². The number of para-hydroxylation sites is 1. The van der Waals surface area contributed by atoms with Gasteiger partial charge in [-0.15, -0.1) is 0 Å². The molecule has 0 aliphatic rings. The molecule has 25 heavy (non-hydrogen) atoms. The van der Waals surface area contributed by atoms with E-state index in [0.717, 1.165) is 0 Å². The van der Waals surface area contributed by atoms with Gasteiger partial charge in [-0.3, -0.25) is 4.79 Å². The molecule has 128 valence electrons. The van der Waals surface area contributed by atoms with Crippen LogP contribution in [0.1, 0.15) is 18.9 Å². The van der Waals surface area contributed by atoms with Crippen LogP contribution in [0.25, 0.3) is 10.9 Å². The molecule has 0 amide bonds. The zero-order valence-electron chi connectivity index (χ0n) is 13.4. The highest BCUT2D eigenvalue weighted by atomic mass is 35.5. The molecule has 3 rings (SSSR count). The Bertz CT molecular complexity index is 970. The van der Waals surface area contributed by atoms with Crippen molar-refractivity contribution in [1.82, 2.24) is 9.97 Å². The molecular weight excluding hydrogens is 344 g/mol. The number of aromatic amines is 1. The molecule has 6 nitrogen and oxygen atoms in total. The van der Waals surface area contributed by atoms with Crippen LogP contribution < -0.4 is 10.3 Å². The predicted molar refractivity (Wildman–Crippen MR) is 93.8 cm³/mol. The van der Waals surface area contributed by atoms with Crippen LogP contribution >= 0.6 is 11.6 Å². The zero-order valence-corrected chi connectivity index (χ0v) is 14.1. The fraction of sp³-hybridized carbons (Fsp3) is 0.167. The molecule has 2 aromatic carbocycles. The summed E-state index contributed by atoms with van der Waals surface area (Å²) in [6.07, 6.45) is -0.715. The lowest BCUT2D eigenvalue weighted by Gasteiger charge is -2.13. The Balaban J connectivity index is 1.66. The minimum absolute atomic E-state index is 0.275. The highest BCUT2D eigenvalue weighted by molar-refractivity contribution is 6.30. The number of carbonyl (C=O) groups is 1. The van der Waals surface area contributed by atoms with Crippen LogP contribution in [0.5, 0.6) is 5.75 Å². The first-order valence-corrected chi connectivity index (χ1v) is 7.97. The summed E-state index contributed by atoms with van der Waals surface area (Å²) in [6, 6.07) is 13.7. The van der Waals surface area contributed by atoms with E-state index in [1.165, 1.54) is 0 Å². The number of H-pyrrole nitrogens is 1. The van der Waals surface area contributed by atoms with Gasteiger partial charge in [0.1, 0.15) is 5.75 Å². The maximum Gasteiger partial charge on any atom is 0.344 e. The lowest BCUT2D eigenvalue weighted by atomic mass is 10.2. The number of nitrogens with zero attached hydrogens (tertiary/aromatic N) is 1. The third-order valence-electron chi connectivity index (χ3n) is 3.48. The molecule has 0 aliphatic carbocycles. The number of benzene rings is 2. The van der Waals surface area contributed by atoms with E-state index in [1.807, 2.05) is 0 Å². The zero-order chi connectivity index (χ0) is 17.8. The number of hydrogen-bond acceptors (Lipinski definition) is 5.